The van der Waals surface area contributed by atoms with Gasteiger partial charge in [0.1, 0.15) is 0 Å². The Morgan fingerprint density at radius 3 is 2.78 bits per heavy atom. The zero-order chi connectivity index (χ0) is 13.4. The van der Waals surface area contributed by atoms with E-state index in [-0.39, 0.29) is 5.82 Å². The summed E-state index contributed by atoms with van der Waals surface area (Å²) >= 11 is 0. The van der Waals surface area contributed by atoms with Gasteiger partial charge in [-0.1, -0.05) is 13.8 Å². The maximum Gasteiger partial charge on any atom is 0.224 e. The van der Waals surface area contributed by atoms with Crippen LogP contribution in [-0.4, -0.2) is 38.8 Å². The molecule has 0 bridgehead atoms. The molecule has 1 heterocycles. The lowest BCUT2D eigenvalue weighted by Crippen LogP contribution is -2.15. The maximum atomic E-state index is 13.4. The van der Waals surface area contributed by atoms with Crippen LogP contribution in [0.25, 0.3) is 0 Å². The number of hydrogen-bond donors (Lipinski definition) is 2. The monoisotopic (exact) mass is 274 g/mol. The number of nitrogens with zero attached hydrogens (tertiary/aromatic N) is 2. The predicted molar refractivity (Wildman–Crippen MR) is 72.8 cm³/mol. The smallest absolute Gasteiger partial charge is 0.224 e. The molecule has 0 aliphatic heterocycles. The molecule has 0 fully saturated rings. The van der Waals surface area contributed by atoms with Crippen LogP contribution in [0, 0.1) is 5.82 Å². The predicted octanol–water partition coefficient (Wildman–Crippen LogP) is 1.62. The highest BCUT2D eigenvalue weighted by atomic mass is 32.2. The Morgan fingerprint density at radius 2 is 2.11 bits per heavy atom. The van der Waals surface area contributed by atoms with Gasteiger partial charge >= 0.3 is 0 Å². The van der Waals surface area contributed by atoms with E-state index in [9.17, 15) is 8.60 Å². The fourth-order valence-corrected chi connectivity index (χ4v) is 1.86. The van der Waals surface area contributed by atoms with Crippen LogP contribution in [0.3, 0.4) is 0 Å². The standard InChI is InChI=1S/C11H19FN4OS/c1-3-5-14-11-15-8-9(12)10(16-11)13-6-7-18(17)4-2/h8H,3-7H2,1-2H3,(H2,13,14,15,16). The number of halogens is 1. The fraction of sp³-hybridized carbons (Fsp3) is 0.636. The van der Waals surface area contributed by atoms with Gasteiger partial charge in [0.2, 0.25) is 5.95 Å². The van der Waals surface area contributed by atoms with Crippen molar-refractivity contribution in [2.45, 2.75) is 20.3 Å². The Kier molecular flexibility index (Phi) is 6.56. The highest BCUT2D eigenvalue weighted by Crippen LogP contribution is 2.11. The molecule has 0 aliphatic carbocycles. The molecule has 0 spiro atoms. The molecule has 1 aromatic rings. The Morgan fingerprint density at radius 1 is 1.33 bits per heavy atom. The minimum Gasteiger partial charge on any atom is -0.367 e. The van der Waals surface area contributed by atoms with E-state index in [1.807, 2.05) is 13.8 Å². The molecule has 2 N–H and O–H groups in total. The van der Waals surface area contributed by atoms with Crippen molar-refractivity contribution in [2.24, 2.45) is 0 Å². The normalized spacial score (nSPS) is 12.2. The van der Waals surface area contributed by atoms with E-state index in [1.165, 1.54) is 0 Å². The van der Waals surface area contributed by atoms with E-state index in [0.29, 0.717) is 24.0 Å². The van der Waals surface area contributed by atoms with Gasteiger partial charge in [0.25, 0.3) is 0 Å². The van der Waals surface area contributed by atoms with Gasteiger partial charge in [-0.2, -0.15) is 4.98 Å². The second-order valence-corrected chi connectivity index (χ2v) is 5.54. The summed E-state index contributed by atoms with van der Waals surface area (Å²) in [4.78, 5) is 7.86. The van der Waals surface area contributed by atoms with Crippen molar-refractivity contribution in [1.29, 1.82) is 0 Å². The Balaban J connectivity index is 2.55. The van der Waals surface area contributed by atoms with E-state index in [1.54, 1.807) is 0 Å². The van der Waals surface area contributed by atoms with Gasteiger partial charge in [-0.05, 0) is 6.42 Å². The second-order valence-electron chi connectivity index (χ2n) is 3.68. The first-order valence-electron chi connectivity index (χ1n) is 6.02. The van der Waals surface area contributed by atoms with E-state index in [0.717, 1.165) is 19.2 Å². The van der Waals surface area contributed by atoms with Crippen LogP contribution >= 0.6 is 0 Å². The zero-order valence-electron chi connectivity index (χ0n) is 10.7. The summed E-state index contributed by atoms with van der Waals surface area (Å²) in [7, 11) is -0.861. The molecule has 0 aliphatic rings. The van der Waals surface area contributed by atoms with Crippen molar-refractivity contribution in [3.8, 4) is 0 Å². The third kappa shape index (κ3) is 4.95. The molecular formula is C11H19FN4OS. The summed E-state index contributed by atoms with van der Waals surface area (Å²) < 4.78 is 24.6. The largest absolute Gasteiger partial charge is 0.367 e. The third-order valence-corrected chi connectivity index (χ3v) is 3.52. The van der Waals surface area contributed by atoms with Crippen LogP contribution in [0.15, 0.2) is 6.20 Å². The van der Waals surface area contributed by atoms with Gasteiger partial charge < -0.3 is 10.6 Å². The molecular weight excluding hydrogens is 255 g/mol. The molecule has 7 heteroatoms. The molecule has 0 saturated carbocycles. The maximum absolute atomic E-state index is 13.4. The average Bonchev–Trinajstić information content (AvgIpc) is 2.39. The van der Waals surface area contributed by atoms with E-state index < -0.39 is 16.6 Å². The zero-order valence-corrected chi connectivity index (χ0v) is 11.5. The lowest BCUT2D eigenvalue weighted by Gasteiger charge is -2.08. The highest BCUT2D eigenvalue weighted by Gasteiger charge is 2.06. The SMILES string of the molecule is CCCNc1ncc(F)c(NCCS(=O)CC)n1. The highest BCUT2D eigenvalue weighted by molar-refractivity contribution is 7.84. The molecule has 0 amide bonds. The van der Waals surface area contributed by atoms with Crippen LogP contribution in [0.5, 0.6) is 0 Å². The molecule has 1 rings (SSSR count). The summed E-state index contributed by atoms with van der Waals surface area (Å²) in [5.74, 6) is 1.14. The van der Waals surface area contributed by atoms with Crippen molar-refractivity contribution < 1.29 is 8.60 Å². The first-order chi connectivity index (χ1) is 8.67. The summed E-state index contributed by atoms with van der Waals surface area (Å²) in [6.45, 7) is 5.05. The first-order valence-corrected chi connectivity index (χ1v) is 7.51. The Bertz CT molecular complexity index is 403. The summed E-state index contributed by atoms with van der Waals surface area (Å²) in [5.41, 5.74) is 0. The van der Waals surface area contributed by atoms with Crippen LogP contribution in [-0.2, 0) is 10.8 Å². The van der Waals surface area contributed by atoms with Gasteiger partial charge in [-0.15, -0.1) is 0 Å². The molecule has 0 aromatic carbocycles. The number of aromatic nitrogens is 2. The molecule has 1 aromatic heterocycles. The third-order valence-electron chi connectivity index (χ3n) is 2.22. The molecule has 5 nitrogen and oxygen atoms in total. The van der Waals surface area contributed by atoms with Crippen LogP contribution in [0.2, 0.25) is 0 Å². The fourth-order valence-electron chi connectivity index (χ4n) is 1.24. The van der Waals surface area contributed by atoms with Gasteiger partial charge in [-0.25, -0.2) is 9.37 Å². The van der Waals surface area contributed by atoms with E-state index in [2.05, 4.69) is 20.6 Å². The van der Waals surface area contributed by atoms with Gasteiger partial charge in [0.05, 0.1) is 6.20 Å². The number of rotatable bonds is 8. The Hall–Kier alpha value is -1.24. The first kappa shape index (κ1) is 14.8. The topological polar surface area (TPSA) is 66.9 Å². The minimum atomic E-state index is -0.861. The lowest BCUT2D eigenvalue weighted by atomic mass is 10.5. The minimum absolute atomic E-state index is 0.150. The molecule has 18 heavy (non-hydrogen) atoms. The number of hydrogen-bond acceptors (Lipinski definition) is 5. The van der Waals surface area contributed by atoms with Crippen molar-refractivity contribution in [3.05, 3.63) is 12.0 Å². The summed E-state index contributed by atoms with van der Waals surface area (Å²) in [5, 5.41) is 5.82. The van der Waals surface area contributed by atoms with Crippen LogP contribution < -0.4 is 10.6 Å². The van der Waals surface area contributed by atoms with Gasteiger partial charge in [0.15, 0.2) is 11.6 Å². The van der Waals surface area contributed by atoms with E-state index >= 15 is 0 Å². The number of nitrogens with one attached hydrogen (secondary N) is 2. The van der Waals surface area contributed by atoms with Gasteiger partial charge in [-0.3, -0.25) is 4.21 Å². The lowest BCUT2D eigenvalue weighted by molar-refractivity contribution is 0.617. The average molecular weight is 274 g/mol. The second kappa shape index (κ2) is 7.97. The number of anilines is 2. The van der Waals surface area contributed by atoms with Crippen LogP contribution in [0.4, 0.5) is 16.2 Å². The summed E-state index contributed by atoms with van der Waals surface area (Å²) in [6.07, 6.45) is 2.07. The molecule has 0 radical (unpaired) electrons. The Labute approximate surface area is 109 Å². The van der Waals surface area contributed by atoms with Crippen molar-refractivity contribution in [2.75, 3.05) is 35.2 Å². The van der Waals surface area contributed by atoms with Crippen molar-refractivity contribution in [1.82, 2.24) is 9.97 Å². The molecule has 102 valence electrons. The van der Waals surface area contributed by atoms with Gasteiger partial charge in [0, 0.05) is 35.4 Å². The molecule has 0 saturated heterocycles. The molecule has 1 unspecified atom stereocenters. The van der Waals surface area contributed by atoms with Crippen molar-refractivity contribution in [3.63, 3.8) is 0 Å². The summed E-state index contributed by atoms with van der Waals surface area (Å²) in [6, 6.07) is 0. The van der Waals surface area contributed by atoms with Crippen molar-refractivity contribution >= 4 is 22.6 Å². The van der Waals surface area contributed by atoms with Crippen LogP contribution in [0.1, 0.15) is 20.3 Å². The van der Waals surface area contributed by atoms with E-state index in [4.69, 9.17) is 0 Å². The molecule has 1 atom stereocenters. The quantitative estimate of drug-likeness (QED) is 0.754.